The van der Waals surface area contributed by atoms with Crippen molar-refractivity contribution >= 4 is 34.7 Å². The Balaban J connectivity index is 2.47. The fraction of sp³-hybridized carbons (Fsp3) is 0.286. The Hall–Kier alpha value is -1.59. The zero-order valence-corrected chi connectivity index (χ0v) is 12.8. The van der Waals surface area contributed by atoms with Gasteiger partial charge in [0.1, 0.15) is 0 Å². The standard InChI is InChI=1S/C14H15ClN2O2S/c1-3-19-13-11(8(2)18)12(16-14(20)17-13)9-4-6-10(15)7-5-9/h4-7,12H,3H2,1-2H3,(H2,16,17,20). The van der Waals surface area contributed by atoms with E-state index < -0.39 is 0 Å². The van der Waals surface area contributed by atoms with Crippen LogP contribution >= 0.6 is 23.8 Å². The molecule has 1 aliphatic rings. The van der Waals surface area contributed by atoms with Gasteiger partial charge < -0.3 is 15.4 Å². The molecular formula is C14H15ClN2O2S. The molecule has 1 aromatic rings. The van der Waals surface area contributed by atoms with E-state index in [0.29, 0.717) is 28.2 Å². The van der Waals surface area contributed by atoms with E-state index in [4.69, 9.17) is 28.6 Å². The lowest BCUT2D eigenvalue weighted by Gasteiger charge is -2.30. The number of Topliss-reactive ketones (excluding diaryl/α,β-unsaturated/α-hetero) is 1. The first kappa shape index (κ1) is 14.8. The first-order valence-corrected chi connectivity index (χ1v) is 7.02. The second-order valence-electron chi connectivity index (χ2n) is 4.32. The Labute approximate surface area is 128 Å². The number of thiocarbonyl (C=S) groups is 1. The summed E-state index contributed by atoms with van der Waals surface area (Å²) in [6, 6.07) is 6.95. The molecule has 0 aromatic heterocycles. The zero-order valence-electron chi connectivity index (χ0n) is 11.2. The van der Waals surface area contributed by atoms with E-state index in [0.717, 1.165) is 5.56 Å². The summed E-state index contributed by atoms with van der Waals surface area (Å²) in [7, 11) is 0. The summed E-state index contributed by atoms with van der Waals surface area (Å²) in [4.78, 5) is 12.0. The molecule has 2 rings (SSSR count). The lowest BCUT2D eigenvalue weighted by Crippen LogP contribution is -2.45. The van der Waals surface area contributed by atoms with E-state index in [1.807, 2.05) is 19.1 Å². The average Bonchev–Trinajstić information content (AvgIpc) is 2.38. The average molecular weight is 311 g/mol. The van der Waals surface area contributed by atoms with Crippen molar-refractivity contribution < 1.29 is 9.53 Å². The molecule has 1 aromatic carbocycles. The van der Waals surface area contributed by atoms with Crippen molar-refractivity contribution in [3.63, 3.8) is 0 Å². The van der Waals surface area contributed by atoms with Crippen LogP contribution in [0.4, 0.5) is 0 Å². The third-order valence-corrected chi connectivity index (χ3v) is 3.38. The van der Waals surface area contributed by atoms with Crippen molar-refractivity contribution in [2.24, 2.45) is 0 Å². The van der Waals surface area contributed by atoms with Crippen LogP contribution in [0, 0.1) is 0 Å². The minimum atomic E-state index is -0.333. The molecule has 0 bridgehead atoms. The van der Waals surface area contributed by atoms with Crippen LogP contribution in [-0.4, -0.2) is 17.5 Å². The molecule has 0 saturated heterocycles. The van der Waals surface area contributed by atoms with Crippen molar-refractivity contribution in [2.75, 3.05) is 6.61 Å². The molecule has 1 unspecified atom stereocenters. The van der Waals surface area contributed by atoms with E-state index >= 15 is 0 Å². The first-order valence-electron chi connectivity index (χ1n) is 6.23. The maximum absolute atomic E-state index is 12.0. The fourth-order valence-electron chi connectivity index (χ4n) is 2.07. The largest absolute Gasteiger partial charge is 0.479 e. The summed E-state index contributed by atoms with van der Waals surface area (Å²) in [5, 5.41) is 7.05. The summed E-state index contributed by atoms with van der Waals surface area (Å²) in [5.74, 6) is 0.347. The molecule has 20 heavy (non-hydrogen) atoms. The molecule has 4 nitrogen and oxygen atoms in total. The number of carbonyl (C=O) groups is 1. The van der Waals surface area contributed by atoms with Crippen LogP contribution in [0.1, 0.15) is 25.5 Å². The van der Waals surface area contributed by atoms with E-state index in [-0.39, 0.29) is 11.8 Å². The van der Waals surface area contributed by atoms with Gasteiger partial charge in [0.05, 0.1) is 18.2 Å². The number of carbonyl (C=O) groups excluding carboxylic acids is 1. The summed E-state index contributed by atoms with van der Waals surface area (Å²) in [5.41, 5.74) is 1.43. The smallest absolute Gasteiger partial charge is 0.202 e. The molecule has 0 aliphatic carbocycles. The molecule has 0 amide bonds. The Morgan fingerprint density at radius 3 is 2.60 bits per heavy atom. The lowest BCUT2D eigenvalue weighted by molar-refractivity contribution is -0.114. The van der Waals surface area contributed by atoms with Gasteiger partial charge in [-0.25, -0.2) is 0 Å². The van der Waals surface area contributed by atoms with Gasteiger partial charge in [0, 0.05) is 5.02 Å². The van der Waals surface area contributed by atoms with Crippen molar-refractivity contribution in [3.8, 4) is 0 Å². The van der Waals surface area contributed by atoms with Crippen molar-refractivity contribution in [1.29, 1.82) is 0 Å². The zero-order chi connectivity index (χ0) is 14.7. The number of rotatable bonds is 4. The number of halogens is 1. The maximum atomic E-state index is 12.0. The van der Waals surface area contributed by atoms with Gasteiger partial charge in [0.25, 0.3) is 0 Å². The van der Waals surface area contributed by atoms with Crippen LogP contribution in [0.3, 0.4) is 0 Å². The number of hydrogen-bond donors (Lipinski definition) is 2. The number of ketones is 1. The predicted octanol–water partition coefficient (Wildman–Crippen LogP) is 2.70. The van der Waals surface area contributed by atoms with E-state index in [2.05, 4.69) is 10.6 Å². The highest BCUT2D eigenvalue weighted by molar-refractivity contribution is 7.80. The molecular weight excluding hydrogens is 296 g/mol. The third-order valence-electron chi connectivity index (χ3n) is 2.91. The van der Waals surface area contributed by atoms with Crippen molar-refractivity contribution in [1.82, 2.24) is 10.6 Å². The normalized spacial score (nSPS) is 18.4. The molecule has 2 N–H and O–H groups in total. The van der Waals surface area contributed by atoms with Gasteiger partial charge >= 0.3 is 0 Å². The first-order chi connectivity index (χ1) is 9.52. The molecule has 0 saturated carbocycles. The Kier molecular flexibility index (Phi) is 4.62. The van der Waals surface area contributed by atoms with Gasteiger partial charge in [-0.15, -0.1) is 0 Å². The molecule has 106 valence electrons. The molecule has 6 heteroatoms. The Bertz CT molecular complexity index is 569. The lowest BCUT2D eigenvalue weighted by atomic mass is 9.95. The van der Waals surface area contributed by atoms with Gasteiger partial charge in [0.2, 0.25) is 5.88 Å². The van der Waals surface area contributed by atoms with E-state index in [1.165, 1.54) is 6.92 Å². The SMILES string of the molecule is CCOC1=C(C(C)=O)C(c2ccc(Cl)cc2)NC(=S)N1. The molecule has 1 heterocycles. The van der Waals surface area contributed by atoms with Crippen molar-refractivity contribution in [3.05, 3.63) is 46.3 Å². The summed E-state index contributed by atoms with van der Waals surface area (Å²) >= 11 is 11.1. The number of hydrogen-bond acceptors (Lipinski definition) is 3. The van der Waals surface area contributed by atoms with Crippen LogP contribution in [0.25, 0.3) is 0 Å². The maximum Gasteiger partial charge on any atom is 0.202 e. The molecule has 1 aliphatic heterocycles. The van der Waals surface area contributed by atoms with E-state index in [1.54, 1.807) is 12.1 Å². The monoisotopic (exact) mass is 310 g/mol. The molecule has 1 atom stereocenters. The minimum absolute atomic E-state index is 0.0732. The predicted molar refractivity (Wildman–Crippen MR) is 82.4 cm³/mol. The van der Waals surface area contributed by atoms with Gasteiger partial charge in [-0.05, 0) is 43.8 Å². The second-order valence-corrected chi connectivity index (χ2v) is 5.16. The topological polar surface area (TPSA) is 50.4 Å². The van der Waals surface area contributed by atoms with Crippen LogP contribution in [0.15, 0.2) is 35.7 Å². The third kappa shape index (κ3) is 3.11. The number of nitrogens with one attached hydrogen (secondary N) is 2. The van der Waals surface area contributed by atoms with Crippen LogP contribution in [0.5, 0.6) is 0 Å². The van der Waals surface area contributed by atoms with Crippen LogP contribution < -0.4 is 10.6 Å². The highest BCUT2D eigenvalue weighted by atomic mass is 35.5. The Morgan fingerprint density at radius 1 is 1.40 bits per heavy atom. The van der Waals surface area contributed by atoms with Gasteiger partial charge in [-0.2, -0.15) is 0 Å². The van der Waals surface area contributed by atoms with Crippen molar-refractivity contribution in [2.45, 2.75) is 19.9 Å². The highest BCUT2D eigenvalue weighted by Crippen LogP contribution is 2.28. The molecule has 0 fully saturated rings. The van der Waals surface area contributed by atoms with Gasteiger partial charge in [-0.3, -0.25) is 4.79 Å². The number of ether oxygens (including phenoxy) is 1. The quantitative estimate of drug-likeness (QED) is 0.838. The van der Waals surface area contributed by atoms with Crippen LogP contribution in [-0.2, 0) is 9.53 Å². The summed E-state index contributed by atoms with van der Waals surface area (Å²) < 4.78 is 5.50. The summed E-state index contributed by atoms with van der Waals surface area (Å²) in [6.07, 6.45) is 0. The Morgan fingerprint density at radius 2 is 2.05 bits per heavy atom. The second kappa shape index (κ2) is 6.24. The fourth-order valence-corrected chi connectivity index (χ4v) is 2.40. The van der Waals surface area contributed by atoms with Gasteiger partial charge in [-0.1, -0.05) is 23.7 Å². The minimum Gasteiger partial charge on any atom is -0.479 e. The van der Waals surface area contributed by atoms with E-state index in [9.17, 15) is 4.79 Å². The number of benzene rings is 1. The van der Waals surface area contributed by atoms with Crippen LogP contribution in [0.2, 0.25) is 5.02 Å². The highest BCUT2D eigenvalue weighted by Gasteiger charge is 2.30. The molecule has 0 radical (unpaired) electrons. The summed E-state index contributed by atoms with van der Waals surface area (Å²) in [6.45, 7) is 3.82. The van der Waals surface area contributed by atoms with Gasteiger partial charge in [0.15, 0.2) is 10.9 Å². The molecule has 0 spiro atoms.